The molecule has 0 radical (unpaired) electrons. The number of carbonyl (C=O) groups excluding carboxylic acids is 1. The Morgan fingerprint density at radius 2 is 2.23 bits per heavy atom. The van der Waals surface area contributed by atoms with E-state index in [0.717, 1.165) is 32.5 Å². The van der Waals surface area contributed by atoms with Crippen molar-refractivity contribution >= 4 is 17.7 Å². The zero-order valence-electron chi connectivity index (χ0n) is 8.01. The van der Waals surface area contributed by atoms with E-state index in [2.05, 4.69) is 17.1 Å². The Kier molecular flexibility index (Phi) is 2.51. The lowest BCUT2D eigenvalue weighted by Gasteiger charge is -2.37. The SMILES string of the molecule is CCN1CCC2(CC1)NC(=O)CS2. The highest BCUT2D eigenvalue weighted by atomic mass is 32.2. The molecule has 4 heteroatoms. The van der Waals surface area contributed by atoms with Crippen LogP contribution in [0.4, 0.5) is 0 Å². The van der Waals surface area contributed by atoms with Crippen LogP contribution >= 0.6 is 11.8 Å². The normalized spacial score (nSPS) is 27.9. The minimum atomic E-state index is 0.1000. The van der Waals surface area contributed by atoms with Crippen molar-refractivity contribution in [2.24, 2.45) is 0 Å². The number of nitrogens with zero attached hydrogens (tertiary/aromatic N) is 1. The fourth-order valence-corrected chi connectivity index (χ4v) is 3.17. The maximum Gasteiger partial charge on any atom is 0.231 e. The molecule has 0 aliphatic carbocycles. The van der Waals surface area contributed by atoms with Crippen molar-refractivity contribution in [2.45, 2.75) is 24.6 Å². The average Bonchev–Trinajstić information content (AvgIpc) is 2.49. The molecule has 2 saturated heterocycles. The first-order valence-corrected chi connectivity index (χ1v) is 5.90. The molecule has 3 nitrogen and oxygen atoms in total. The molecule has 2 aliphatic rings. The zero-order chi connectivity index (χ0) is 9.31. The van der Waals surface area contributed by atoms with E-state index in [1.165, 1.54) is 0 Å². The third-order valence-corrected chi connectivity index (χ3v) is 4.43. The zero-order valence-corrected chi connectivity index (χ0v) is 8.82. The summed E-state index contributed by atoms with van der Waals surface area (Å²) in [5.74, 6) is 0.876. The lowest BCUT2D eigenvalue weighted by atomic mass is 10.0. The summed E-state index contributed by atoms with van der Waals surface area (Å²) in [4.78, 5) is 13.7. The van der Waals surface area contributed by atoms with E-state index in [-0.39, 0.29) is 10.8 Å². The van der Waals surface area contributed by atoms with Gasteiger partial charge in [-0.15, -0.1) is 11.8 Å². The largest absolute Gasteiger partial charge is 0.341 e. The monoisotopic (exact) mass is 200 g/mol. The third kappa shape index (κ3) is 1.83. The molecule has 74 valence electrons. The minimum absolute atomic E-state index is 0.1000. The number of carbonyl (C=O) groups is 1. The van der Waals surface area contributed by atoms with Crippen molar-refractivity contribution in [3.63, 3.8) is 0 Å². The van der Waals surface area contributed by atoms with Crippen molar-refractivity contribution in [3.05, 3.63) is 0 Å². The van der Waals surface area contributed by atoms with E-state index in [1.54, 1.807) is 11.8 Å². The highest BCUT2D eigenvalue weighted by molar-refractivity contribution is 8.01. The molecule has 0 saturated carbocycles. The van der Waals surface area contributed by atoms with Crippen molar-refractivity contribution < 1.29 is 4.79 Å². The van der Waals surface area contributed by atoms with Crippen LogP contribution in [0.2, 0.25) is 0 Å². The molecule has 1 N–H and O–H groups in total. The van der Waals surface area contributed by atoms with Gasteiger partial charge < -0.3 is 10.2 Å². The summed E-state index contributed by atoms with van der Waals surface area (Å²) in [7, 11) is 0. The molecule has 2 rings (SSSR count). The van der Waals surface area contributed by atoms with Gasteiger partial charge in [0.1, 0.15) is 0 Å². The van der Waals surface area contributed by atoms with E-state index in [9.17, 15) is 4.79 Å². The van der Waals surface area contributed by atoms with E-state index in [4.69, 9.17) is 0 Å². The highest BCUT2D eigenvalue weighted by Gasteiger charge is 2.40. The smallest absolute Gasteiger partial charge is 0.231 e. The summed E-state index contributed by atoms with van der Waals surface area (Å²) in [6, 6.07) is 0. The number of hydrogen-bond donors (Lipinski definition) is 1. The molecule has 13 heavy (non-hydrogen) atoms. The first-order chi connectivity index (χ1) is 6.24. The highest BCUT2D eigenvalue weighted by Crippen LogP contribution is 2.37. The molecule has 1 amide bonds. The van der Waals surface area contributed by atoms with Gasteiger partial charge in [0, 0.05) is 13.1 Å². The number of thioether (sulfide) groups is 1. The van der Waals surface area contributed by atoms with Crippen LogP contribution in [0.15, 0.2) is 0 Å². The second-order valence-corrected chi connectivity index (χ2v) is 5.12. The summed E-state index contributed by atoms with van der Waals surface area (Å²) in [5.41, 5.74) is 0. The van der Waals surface area contributed by atoms with Gasteiger partial charge in [0.25, 0.3) is 0 Å². The Morgan fingerprint density at radius 1 is 1.54 bits per heavy atom. The standard InChI is InChI=1S/C9H16N2OS/c1-2-11-5-3-9(4-6-11)10-8(12)7-13-9/h2-7H2,1H3,(H,10,12). The molecule has 0 atom stereocenters. The van der Waals surface area contributed by atoms with Crippen LogP contribution in [0.1, 0.15) is 19.8 Å². The quantitative estimate of drug-likeness (QED) is 0.675. The molecular formula is C9H16N2OS. The van der Waals surface area contributed by atoms with Gasteiger partial charge in [0.05, 0.1) is 10.6 Å². The molecule has 0 aromatic carbocycles. The van der Waals surface area contributed by atoms with Crippen molar-refractivity contribution in [3.8, 4) is 0 Å². The van der Waals surface area contributed by atoms with Crippen molar-refractivity contribution in [1.82, 2.24) is 10.2 Å². The summed E-state index contributed by atoms with van der Waals surface area (Å²) in [6.45, 7) is 5.58. The van der Waals surface area contributed by atoms with Gasteiger partial charge in [-0.05, 0) is 19.4 Å². The van der Waals surface area contributed by atoms with E-state index in [0.29, 0.717) is 5.75 Å². The van der Waals surface area contributed by atoms with Gasteiger partial charge in [-0.1, -0.05) is 6.92 Å². The average molecular weight is 200 g/mol. The van der Waals surface area contributed by atoms with Crippen LogP contribution in [0.5, 0.6) is 0 Å². The van der Waals surface area contributed by atoms with E-state index < -0.39 is 0 Å². The Morgan fingerprint density at radius 3 is 2.69 bits per heavy atom. The van der Waals surface area contributed by atoms with Crippen LogP contribution in [0.25, 0.3) is 0 Å². The second kappa shape index (κ2) is 3.50. The van der Waals surface area contributed by atoms with Gasteiger partial charge in [-0.25, -0.2) is 0 Å². The summed E-state index contributed by atoms with van der Waals surface area (Å²) in [6.07, 6.45) is 2.22. The fourth-order valence-electron chi connectivity index (χ4n) is 2.03. The molecule has 0 bridgehead atoms. The number of hydrogen-bond acceptors (Lipinski definition) is 3. The predicted molar refractivity (Wildman–Crippen MR) is 54.7 cm³/mol. The number of likely N-dealkylation sites (tertiary alicyclic amines) is 1. The van der Waals surface area contributed by atoms with Crippen LogP contribution in [0.3, 0.4) is 0 Å². The topological polar surface area (TPSA) is 32.3 Å². The van der Waals surface area contributed by atoms with Gasteiger partial charge in [0.15, 0.2) is 0 Å². The van der Waals surface area contributed by atoms with Crippen molar-refractivity contribution in [1.29, 1.82) is 0 Å². The molecule has 2 fully saturated rings. The van der Waals surface area contributed by atoms with Crippen molar-refractivity contribution in [2.75, 3.05) is 25.4 Å². The number of amides is 1. The van der Waals surface area contributed by atoms with Crippen LogP contribution in [0, 0.1) is 0 Å². The predicted octanol–water partition coefficient (Wildman–Crippen LogP) is 0.661. The van der Waals surface area contributed by atoms with Gasteiger partial charge in [-0.3, -0.25) is 4.79 Å². The lowest BCUT2D eigenvalue weighted by Crippen LogP contribution is -2.49. The Labute approximate surface area is 83.2 Å². The first kappa shape index (κ1) is 9.34. The maximum atomic E-state index is 11.1. The number of nitrogens with one attached hydrogen (secondary N) is 1. The fraction of sp³-hybridized carbons (Fsp3) is 0.889. The van der Waals surface area contributed by atoms with Gasteiger partial charge >= 0.3 is 0 Å². The van der Waals surface area contributed by atoms with E-state index >= 15 is 0 Å². The molecular weight excluding hydrogens is 184 g/mol. The third-order valence-electron chi connectivity index (χ3n) is 2.96. The molecule has 2 heterocycles. The second-order valence-electron chi connectivity index (χ2n) is 3.77. The van der Waals surface area contributed by atoms with Gasteiger partial charge in [0.2, 0.25) is 5.91 Å². The first-order valence-electron chi connectivity index (χ1n) is 4.91. The number of piperidine rings is 1. The molecule has 2 aliphatic heterocycles. The summed E-state index contributed by atoms with van der Waals surface area (Å²) >= 11 is 1.80. The maximum absolute atomic E-state index is 11.1. The summed E-state index contributed by atoms with van der Waals surface area (Å²) < 4.78 is 0. The van der Waals surface area contributed by atoms with E-state index in [1.807, 2.05) is 0 Å². The molecule has 0 aromatic heterocycles. The molecule has 0 unspecified atom stereocenters. The Balaban J connectivity index is 1.93. The molecule has 1 spiro atoms. The number of rotatable bonds is 1. The Hall–Kier alpha value is -0.220. The van der Waals surface area contributed by atoms with Gasteiger partial charge in [-0.2, -0.15) is 0 Å². The lowest BCUT2D eigenvalue weighted by molar-refractivity contribution is -0.119. The summed E-state index contributed by atoms with van der Waals surface area (Å²) in [5, 5.41) is 3.11. The van der Waals surface area contributed by atoms with Crippen LogP contribution in [-0.2, 0) is 4.79 Å². The molecule has 0 aromatic rings. The van der Waals surface area contributed by atoms with Crippen LogP contribution < -0.4 is 5.32 Å². The Bertz CT molecular complexity index is 212. The minimum Gasteiger partial charge on any atom is -0.341 e. The van der Waals surface area contributed by atoms with Crippen LogP contribution in [-0.4, -0.2) is 41.1 Å².